The molecule has 6 nitrogen and oxygen atoms in total. The largest absolute Gasteiger partial charge is 0.496 e. The van der Waals surface area contributed by atoms with Gasteiger partial charge in [0.05, 0.1) is 19.5 Å². The first kappa shape index (κ1) is 21.5. The minimum absolute atomic E-state index is 0. The lowest BCUT2D eigenvalue weighted by Crippen LogP contribution is -2.48. The molecule has 3 rings (SSSR count). The highest BCUT2D eigenvalue weighted by Gasteiger charge is 2.28. The van der Waals surface area contributed by atoms with Gasteiger partial charge in [-0.1, -0.05) is 19.1 Å². The summed E-state index contributed by atoms with van der Waals surface area (Å²) in [5.41, 5.74) is 2.33. The van der Waals surface area contributed by atoms with Gasteiger partial charge in [0.2, 0.25) is 0 Å². The van der Waals surface area contributed by atoms with Gasteiger partial charge in [-0.25, -0.2) is 4.98 Å². The highest BCUT2D eigenvalue weighted by Crippen LogP contribution is 2.27. The number of aliphatic imine (C=N–C) groups is 1. The number of hydrogen-bond acceptors (Lipinski definition) is 3. The average Bonchev–Trinajstić information content (AvgIpc) is 3.19. The highest BCUT2D eigenvalue weighted by molar-refractivity contribution is 14.0. The molecule has 0 aliphatic carbocycles. The quantitative estimate of drug-likeness (QED) is 0.411. The van der Waals surface area contributed by atoms with Crippen LogP contribution in [0.3, 0.4) is 0 Å². The molecule has 1 N–H and O–H groups in total. The molecule has 1 saturated heterocycles. The Morgan fingerprint density at radius 2 is 2.22 bits per heavy atom. The molecule has 0 radical (unpaired) electrons. The van der Waals surface area contributed by atoms with Crippen molar-refractivity contribution >= 4 is 29.9 Å². The van der Waals surface area contributed by atoms with E-state index in [0.29, 0.717) is 12.0 Å². The summed E-state index contributed by atoms with van der Waals surface area (Å²) < 4.78 is 7.64. The molecular weight excluding hydrogens is 453 g/mol. The molecule has 1 aromatic carbocycles. The van der Waals surface area contributed by atoms with Crippen LogP contribution in [-0.4, -0.2) is 47.7 Å². The fourth-order valence-electron chi connectivity index (χ4n) is 3.58. The first-order valence-corrected chi connectivity index (χ1v) is 9.19. The van der Waals surface area contributed by atoms with Crippen LogP contribution in [0.25, 0.3) is 0 Å². The molecule has 0 saturated carbocycles. The van der Waals surface area contributed by atoms with Crippen LogP contribution in [0.1, 0.15) is 30.5 Å². The van der Waals surface area contributed by atoms with Gasteiger partial charge >= 0.3 is 0 Å². The van der Waals surface area contributed by atoms with E-state index >= 15 is 0 Å². The Kier molecular flexibility index (Phi) is 7.94. The van der Waals surface area contributed by atoms with Crippen LogP contribution >= 0.6 is 24.0 Å². The molecule has 2 atom stereocenters. The molecule has 2 heterocycles. The monoisotopic (exact) mass is 483 g/mol. The predicted octanol–water partition coefficient (Wildman–Crippen LogP) is 3.48. The minimum Gasteiger partial charge on any atom is -0.496 e. The maximum Gasteiger partial charge on any atom is 0.193 e. The molecule has 0 spiro atoms. The Morgan fingerprint density at radius 1 is 1.41 bits per heavy atom. The van der Waals surface area contributed by atoms with Crippen molar-refractivity contribution in [2.75, 3.05) is 27.2 Å². The zero-order valence-corrected chi connectivity index (χ0v) is 18.9. The van der Waals surface area contributed by atoms with Crippen molar-refractivity contribution in [3.05, 3.63) is 48.0 Å². The van der Waals surface area contributed by atoms with Gasteiger partial charge in [-0.15, -0.1) is 24.0 Å². The fraction of sp³-hybridized carbons (Fsp3) is 0.500. The van der Waals surface area contributed by atoms with Gasteiger partial charge in [-0.2, -0.15) is 0 Å². The van der Waals surface area contributed by atoms with Crippen molar-refractivity contribution in [3.63, 3.8) is 0 Å². The maximum absolute atomic E-state index is 5.43. The van der Waals surface area contributed by atoms with Crippen molar-refractivity contribution in [3.8, 4) is 5.75 Å². The van der Waals surface area contributed by atoms with E-state index in [0.717, 1.165) is 43.3 Å². The Morgan fingerprint density at radius 3 is 2.89 bits per heavy atom. The summed E-state index contributed by atoms with van der Waals surface area (Å²) in [7, 11) is 3.56. The van der Waals surface area contributed by atoms with E-state index in [2.05, 4.69) is 63.0 Å². The van der Waals surface area contributed by atoms with Gasteiger partial charge in [0.1, 0.15) is 5.75 Å². The van der Waals surface area contributed by atoms with E-state index in [4.69, 9.17) is 4.74 Å². The molecule has 1 aliphatic rings. The summed E-state index contributed by atoms with van der Waals surface area (Å²) in [6.07, 6.45) is 6.96. The lowest BCUT2D eigenvalue weighted by atomic mass is 9.93. The molecule has 1 aliphatic heterocycles. The maximum atomic E-state index is 5.43. The number of rotatable bonds is 4. The molecule has 7 heteroatoms. The minimum atomic E-state index is 0. The number of piperidine rings is 1. The van der Waals surface area contributed by atoms with Crippen LogP contribution in [0, 0.1) is 12.8 Å². The molecular formula is C20H30IN5O. The number of hydrogen-bond donors (Lipinski definition) is 1. The zero-order chi connectivity index (χ0) is 18.5. The molecule has 2 aromatic rings. The number of ether oxygens (including phenoxy) is 1. The third kappa shape index (κ3) is 5.15. The van der Waals surface area contributed by atoms with Crippen LogP contribution in [0.4, 0.5) is 0 Å². The third-order valence-electron chi connectivity index (χ3n) is 5.26. The van der Waals surface area contributed by atoms with Gasteiger partial charge in [-0.05, 0) is 36.5 Å². The molecule has 1 fully saturated rings. The van der Waals surface area contributed by atoms with E-state index in [1.165, 1.54) is 5.56 Å². The van der Waals surface area contributed by atoms with Gasteiger partial charge in [-0.3, -0.25) is 4.99 Å². The number of guanidine groups is 1. The number of methoxy groups -OCH3 is 1. The fourth-order valence-corrected chi connectivity index (χ4v) is 3.58. The zero-order valence-electron chi connectivity index (χ0n) is 16.6. The van der Waals surface area contributed by atoms with Gasteiger partial charge in [0.25, 0.3) is 0 Å². The Bertz CT molecular complexity index is 747. The number of aryl methyl sites for hydroxylation is 1. The Labute approximate surface area is 179 Å². The summed E-state index contributed by atoms with van der Waals surface area (Å²) in [6.45, 7) is 7.06. The van der Waals surface area contributed by atoms with Crippen molar-refractivity contribution in [2.24, 2.45) is 10.9 Å². The third-order valence-corrected chi connectivity index (χ3v) is 5.26. The van der Waals surface area contributed by atoms with E-state index in [1.54, 1.807) is 7.11 Å². The van der Waals surface area contributed by atoms with Crippen LogP contribution in [-0.2, 0) is 6.54 Å². The number of likely N-dealkylation sites (tertiary alicyclic amines) is 1. The van der Waals surface area contributed by atoms with Gasteiger partial charge in [0.15, 0.2) is 5.96 Å². The Balaban J connectivity index is 0.00000261. The highest BCUT2D eigenvalue weighted by atomic mass is 127. The molecule has 2 unspecified atom stereocenters. The van der Waals surface area contributed by atoms with Crippen molar-refractivity contribution in [1.82, 2.24) is 19.8 Å². The molecule has 1 aromatic heterocycles. The van der Waals surface area contributed by atoms with Crippen LogP contribution in [0.5, 0.6) is 5.75 Å². The number of halogens is 1. The summed E-state index contributed by atoms with van der Waals surface area (Å²) >= 11 is 0. The number of imidazole rings is 1. The van der Waals surface area contributed by atoms with Crippen molar-refractivity contribution in [2.45, 2.75) is 32.9 Å². The average molecular weight is 483 g/mol. The predicted molar refractivity (Wildman–Crippen MR) is 120 cm³/mol. The summed E-state index contributed by atoms with van der Waals surface area (Å²) in [6, 6.07) is 6.73. The summed E-state index contributed by atoms with van der Waals surface area (Å²) in [4.78, 5) is 11.1. The van der Waals surface area contributed by atoms with Gasteiger partial charge < -0.3 is 19.5 Å². The van der Waals surface area contributed by atoms with Crippen molar-refractivity contribution < 1.29 is 4.74 Å². The molecule has 0 amide bonds. The lowest BCUT2D eigenvalue weighted by molar-refractivity contribution is 0.189. The normalized spacial score (nSPS) is 20.1. The van der Waals surface area contributed by atoms with Gasteiger partial charge in [0, 0.05) is 39.1 Å². The lowest BCUT2D eigenvalue weighted by Gasteiger charge is -2.39. The smallest absolute Gasteiger partial charge is 0.193 e. The first-order valence-electron chi connectivity index (χ1n) is 9.19. The van der Waals surface area contributed by atoms with Crippen LogP contribution in [0.15, 0.2) is 41.9 Å². The number of nitrogens with zero attached hydrogens (tertiary/aromatic N) is 4. The number of benzene rings is 1. The number of nitrogens with one attached hydrogen (secondary N) is 1. The first-order chi connectivity index (χ1) is 12.6. The molecule has 148 valence electrons. The van der Waals surface area contributed by atoms with E-state index in [1.807, 2.05) is 19.6 Å². The molecule has 27 heavy (non-hydrogen) atoms. The van der Waals surface area contributed by atoms with Crippen LogP contribution in [0.2, 0.25) is 0 Å². The second-order valence-corrected chi connectivity index (χ2v) is 6.99. The summed E-state index contributed by atoms with van der Waals surface area (Å²) in [5.74, 6) is 2.49. The van der Waals surface area contributed by atoms with Crippen molar-refractivity contribution in [1.29, 1.82) is 0 Å². The number of aromatic nitrogens is 2. The summed E-state index contributed by atoms with van der Waals surface area (Å²) in [5, 5.41) is 3.50. The van der Waals surface area contributed by atoms with E-state index < -0.39 is 0 Å². The van der Waals surface area contributed by atoms with E-state index in [9.17, 15) is 0 Å². The Hall–Kier alpha value is -1.77. The second kappa shape index (κ2) is 9.96. The SMILES string of the molecule is CN=C(NCc1ccc(C)c(OC)c1)N1CCC(C)C(n2ccnc2)C1.I. The molecule has 0 bridgehead atoms. The van der Waals surface area contributed by atoms with E-state index in [-0.39, 0.29) is 24.0 Å². The second-order valence-electron chi connectivity index (χ2n) is 6.99. The standard InChI is InChI=1S/C20H29N5O.HI/c1-15-7-9-24(13-18(15)25-10-8-22-14-25)20(21-3)23-12-17-6-5-16(2)19(11-17)26-4;/h5-6,8,10-11,14-15,18H,7,9,12-13H2,1-4H3,(H,21,23);1H. The topological polar surface area (TPSA) is 54.7 Å². The van der Waals surface area contributed by atoms with Crippen LogP contribution < -0.4 is 10.1 Å².